The molecule has 100 valence electrons. The van der Waals surface area contributed by atoms with E-state index in [0.29, 0.717) is 0 Å². The summed E-state index contributed by atoms with van der Waals surface area (Å²) in [6, 6.07) is 7.55. The Kier molecular flexibility index (Phi) is 6.22. The number of benzene rings is 1. The zero-order valence-electron chi connectivity index (χ0n) is 9.56. The molecule has 0 saturated carbocycles. The van der Waals surface area contributed by atoms with Crippen LogP contribution in [-0.4, -0.2) is 45.8 Å². The van der Waals surface area contributed by atoms with E-state index in [1.807, 2.05) is 24.3 Å². The molecule has 0 heterocycles. The average molecular weight is 382 g/mol. The monoisotopic (exact) mass is 382 g/mol. The number of halogens is 1. The van der Waals surface area contributed by atoms with Crippen LogP contribution in [0.4, 0.5) is 5.69 Å². The van der Waals surface area contributed by atoms with Gasteiger partial charge >= 0.3 is 0 Å². The maximum atomic E-state index is 9.16. The Morgan fingerprint density at radius 2 is 1.61 bits per heavy atom. The molecule has 0 amide bonds. The fourth-order valence-corrected chi connectivity index (χ4v) is 1.90. The highest BCUT2D eigenvalue weighted by Crippen LogP contribution is 2.11. The van der Waals surface area contributed by atoms with E-state index in [1.165, 1.54) is 0 Å². The lowest BCUT2D eigenvalue weighted by Crippen LogP contribution is -2.58. The first-order valence-corrected chi connectivity index (χ1v) is 6.71. The zero-order valence-corrected chi connectivity index (χ0v) is 12.5. The number of anilines is 1. The highest BCUT2D eigenvalue weighted by atomic mass is 127. The third-order valence-electron chi connectivity index (χ3n) is 2.39. The van der Waals surface area contributed by atoms with Crippen molar-refractivity contribution >= 4 is 45.6 Å². The normalized spacial score (nSPS) is 11.1. The second kappa shape index (κ2) is 7.19. The second-order valence-electron chi connectivity index (χ2n) is 3.84. The smallest absolute Gasteiger partial charge is 0.171 e. The summed E-state index contributed by atoms with van der Waals surface area (Å²) >= 11 is 7.25. The lowest BCUT2D eigenvalue weighted by atomic mass is 10.0. The third kappa shape index (κ3) is 4.32. The van der Waals surface area contributed by atoms with E-state index in [1.54, 1.807) is 0 Å². The molecule has 7 heteroatoms. The van der Waals surface area contributed by atoms with Crippen LogP contribution in [0.5, 0.6) is 0 Å². The fourth-order valence-electron chi connectivity index (χ4n) is 1.20. The Hall–Kier alpha value is -0.480. The predicted molar refractivity (Wildman–Crippen MR) is 82.5 cm³/mol. The number of nitrogens with one attached hydrogen (secondary N) is 2. The topological polar surface area (TPSA) is 84.8 Å². The Labute approximate surface area is 124 Å². The molecule has 0 fully saturated rings. The summed E-state index contributed by atoms with van der Waals surface area (Å²) in [5.41, 5.74) is -0.427. The van der Waals surface area contributed by atoms with Gasteiger partial charge in [0.25, 0.3) is 0 Å². The van der Waals surface area contributed by atoms with Crippen molar-refractivity contribution in [1.29, 1.82) is 0 Å². The molecule has 0 bridgehead atoms. The summed E-state index contributed by atoms with van der Waals surface area (Å²) in [5, 5.41) is 33.3. The number of aliphatic hydroxyl groups is 3. The largest absolute Gasteiger partial charge is 0.394 e. The van der Waals surface area contributed by atoms with Gasteiger partial charge in [-0.1, -0.05) is 0 Å². The van der Waals surface area contributed by atoms with Crippen LogP contribution in [0.2, 0.25) is 0 Å². The number of aliphatic hydroxyl groups excluding tert-OH is 3. The van der Waals surface area contributed by atoms with Gasteiger partial charge in [-0.05, 0) is 59.1 Å². The molecule has 0 aliphatic rings. The van der Waals surface area contributed by atoms with E-state index in [9.17, 15) is 0 Å². The quantitative estimate of drug-likeness (QED) is 0.372. The highest BCUT2D eigenvalue weighted by molar-refractivity contribution is 14.1. The van der Waals surface area contributed by atoms with Crippen molar-refractivity contribution in [3.8, 4) is 0 Å². The van der Waals surface area contributed by atoms with Crippen molar-refractivity contribution < 1.29 is 15.3 Å². The molecular weight excluding hydrogens is 367 g/mol. The van der Waals surface area contributed by atoms with Gasteiger partial charge in [0.05, 0.1) is 19.8 Å². The molecular formula is C11H15IN2O3S. The number of hydrogen-bond acceptors (Lipinski definition) is 4. The Morgan fingerprint density at radius 1 is 1.11 bits per heavy atom. The van der Waals surface area contributed by atoms with Crippen molar-refractivity contribution in [3.05, 3.63) is 27.8 Å². The summed E-state index contributed by atoms with van der Waals surface area (Å²) < 4.78 is 1.10. The molecule has 0 aliphatic heterocycles. The van der Waals surface area contributed by atoms with Gasteiger partial charge in [-0.25, -0.2) is 0 Å². The van der Waals surface area contributed by atoms with Gasteiger partial charge in [-0.2, -0.15) is 0 Å². The molecule has 0 unspecified atom stereocenters. The first kappa shape index (κ1) is 15.6. The molecule has 1 aromatic rings. The van der Waals surface area contributed by atoms with E-state index in [-0.39, 0.29) is 5.11 Å². The van der Waals surface area contributed by atoms with Crippen molar-refractivity contribution in [2.75, 3.05) is 25.1 Å². The van der Waals surface area contributed by atoms with Crippen molar-refractivity contribution in [1.82, 2.24) is 5.32 Å². The Morgan fingerprint density at radius 3 is 2.06 bits per heavy atom. The predicted octanol–water partition coefficient (Wildman–Crippen LogP) is 0.293. The summed E-state index contributed by atoms with van der Waals surface area (Å²) in [7, 11) is 0. The third-order valence-corrected chi connectivity index (χ3v) is 3.31. The Balaban J connectivity index is 2.63. The summed E-state index contributed by atoms with van der Waals surface area (Å²) in [6.07, 6.45) is 0. The second-order valence-corrected chi connectivity index (χ2v) is 5.49. The van der Waals surface area contributed by atoms with Crippen LogP contribution in [0.1, 0.15) is 0 Å². The standard InChI is InChI=1S/C11H15IN2O3S/c12-8-1-3-9(4-2-8)13-10(18)14-11(5-15,6-16)7-17/h1-4,15-17H,5-7H2,(H2,13,14,18). The summed E-state index contributed by atoms with van der Waals surface area (Å²) in [5.74, 6) is 0. The number of thiocarbonyl (C=S) groups is 1. The molecule has 5 nitrogen and oxygen atoms in total. The molecule has 0 radical (unpaired) electrons. The number of hydrogen-bond donors (Lipinski definition) is 5. The van der Waals surface area contributed by atoms with Crippen LogP contribution in [0.25, 0.3) is 0 Å². The Bertz CT molecular complexity index is 388. The zero-order chi connectivity index (χ0) is 13.6. The maximum Gasteiger partial charge on any atom is 0.171 e. The fraction of sp³-hybridized carbons (Fsp3) is 0.364. The van der Waals surface area contributed by atoms with E-state index in [2.05, 4.69) is 33.2 Å². The van der Waals surface area contributed by atoms with Gasteiger partial charge in [-0.15, -0.1) is 0 Å². The SMILES string of the molecule is OCC(CO)(CO)NC(=S)Nc1ccc(I)cc1. The average Bonchev–Trinajstić information content (AvgIpc) is 2.39. The van der Waals surface area contributed by atoms with E-state index < -0.39 is 25.4 Å². The van der Waals surface area contributed by atoms with Gasteiger partial charge in [0.15, 0.2) is 5.11 Å². The molecule has 1 aromatic carbocycles. The minimum absolute atomic E-state index is 0.230. The molecule has 0 atom stereocenters. The molecule has 0 aromatic heterocycles. The van der Waals surface area contributed by atoms with E-state index >= 15 is 0 Å². The van der Waals surface area contributed by atoms with E-state index in [0.717, 1.165) is 9.26 Å². The number of rotatable bonds is 5. The van der Waals surface area contributed by atoms with Crippen LogP contribution in [0.15, 0.2) is 24.3 Å². The van der Waals surface area contributed by atoms with Crippen molar-refractivity contribution in [2.45, 2.75) is 5.54 Å². The van der Waals surface area contributed by atoms with Crippen LogP contribution >= 0.6 is 34.8 Å². The highest BCUT2D eigenvalue weighted by Gasteiger charge is 2.28. The molecule has 0 spiro atoms. The van der Waals surface area contributed by atoms with Crippen LogP contribution in [-0.2, 0) is 0 Å². The minimum atomic E-state index is -1.21. The van der Waals surface area contributed by atoms with Gasteiger partial charge in [-0.3, -0.25) is 0 Å². The molecule has 18 heavy (non-hydrogen) atoms. The minimum Gasteiger partial charge on any atom is -0.394 e. The molecule has 0 aliphatic carbocycles. The van der Waals surface area contributed by atoms with Crippen molar-refractivity contribution in [2.24, 2.45) is 0 Å². The maximum absolute atomic E-state index is 9.16. The van der Waals surface area contributed by atoms with Crippen LogP contribution in [0, 0.1) is 3.57 Å². The lowest BCUT2D eigenvalue weighted by molar-refractivity contribution is 0.0563. The van der Waals surface area contributed by atoms with Gasteiger partial charge in [0.2, 0.25) is 0 Å². The van der Waals surface area contributed by atoms with Crippen LogP contribution in [0.3, 0.4) is 0 Å². The lowest BCUT2D eigenvalue weighted by Gasteiger charge is -2.30. The van der Waals surface area contributed by atoms with Crippen LogP contribution < -0.4 is 10.6 Å². The summed E-state index contributed by atoms with van der Waals surface area (Å²) in [6.45, 7) is -1.27. The first-order chi connectivity index (χ1) is 8.55. The summed E-state index contributed by atoms with van der Waals surface area (Å²) in [4.78, 5) is 0. The van der Waals surface area contributed by atoms with Gasteiger partial charge in [0.1, 0.15) is 5.54 Å². The first-order valence-electron chi connectivity index (χ1n) is 5.22. The van der Waals surface area contributed by atoms with E-state index in [4.69, 9.17) is 27.5 Å². The van der Waals surface area contributed by atoms with Gasteiger partial charge < -0.3 is 26.0 Å². The molecule has 0 saturated heterocycles. The van der Waals surface area contributed by atoms with Crippen molar-refractivity contribution in [3.63, 3.8) is 0 Å². The van der Waals surface area contributed by atoms with Gasteiger partial charge in [0, 0.05) is 9.26 Å². The molecule has 1 rings (SSSR count). The molecule has 5 N–H and O–H groups in total.